The van der Waals surface area contributed by atoms with E-state index < -0.39 is 0 Å². The summed E-state index contributed by atoms with van der Waals surface area (Å²) >= 11 is 0. The van der Waals surface area contributed by atoms with Crippen molar-refractivity contribution in [2.24, 2.45) is 5.41 Å². The summed E-state index contributed by atoms with van der Waals surface area (Å²) in [6, 6.07) is 5.69. The van der Waals surface area contributed by atoms with Gasteiger partial charge in [0.15, 0.2) is 0 Å². The lowest BCUT2D eigenvalue weighted by Crippen LogP contribution is -2.41. The molecule has 1 aliphatic heterocycles. The molecule has 1 aromatic heterocycles. The Labute approximate surface area is 108 Å². The van der Waals surface area contributed by atoms with Crippen LogP contribution in [0, 0.1) is 5.41 Å². The standard InChI is InChI=1S/C14H21N3O/c1-11-13(18)17(10-14(2,3)9-16-11)8-12-6-4-5-7-15-12/h4-7,11,16H,8-10H2,1-3H3. The summed E-state index contributed by atoms with van der Waals surface area (Å²) in [6.45, 7) is 8.50. The van der Waals surface area contributed by atoms with Crippen molar-refractivity contribution in [3.05, 3.63) is 30.1 Å². The first-order chi connectivity index (χ1) is 8.48. The third-order valence-corrected chi connectivity index (χ3v) is 3.27. The number of carbonyl (C=O) groups excluding carboxylic acids is 1. The van der Waals surface area contributed by atoms with Crippen molar-refractivity contribution in [3.8, 4) is 0 Å². The minimum atomic E-state index is -0.115. The fraction of sp³-hybridized carbons (Fsp3) is 0.571. The van der Waals surface area contributed by atoms with E-state index in [-0.39, 0.29) is 17.4 Å². The topological polar surface area (TPSA) is 45.2 Å². The molecule has 0 saturated carbocycles. The monoisotopic (exact) mass is 247 g/mol. The largest absolute Gasteiger partial charge is 0.335 e. The van der Waals surface area contributed by atoms with Gasteiger partial charge in [-0.25, -0.2) is 0 Å². The Balaban J connectivity index is 2.15. The Morgan fingerprint density at radius 3 is 2.94 bits per heavy atom. The molecule has 2 heterocycles. The van der Waals surface area contributed by atoms with Crippen LogP contribution in [-0.4, -0.2) is 34.9 Å². The van der Waals surface area contributed by atoms with E-state index in [9.17, 15) is 4.79 Å². The molecule has 1 unspecified atom stereocenters. The van der Waals surface area contributed by atoms with E-state index in [0.29, 0.717) is 6.54 Å². The molecule has 1 aromatic rings. The Kier molecular flexibility index (Phi) is 3.66. The van der Waals surface area contributed by atoms with Crippen molar-refractivity contribution < 1.29 is 4.79 Å². The van der Waals surface area contributed by atoms with Gasteiger partial charge < -0.3 is 10.2 Å². The van der Waals surface area contributed by atoms with Gasteiger partial charge in [0.05, 0.1) is 18.3 Å². The Morgan fingerprint density at radius 2 is 2.28 bits per heavy atom. The average Bonchev–Trinajstić information content (AvgIpc) is 2.43. The molecule has 1 amide bonds. The first-order valence-electron chi connectivity index (χ1n) is 6.40. The predicted molar refractivity (Wildman–Crippen MR) is 70.9 cm³/mol. The molecule has 1 aliphatic rings. The van der Waals surface area contributed by atoms with Crippen LogP contribution in [0.4, 0.5) is 0 Å². The smallest absolute Gasteiger partial charge is 0.239 e. The van der Waals surface area contributed by atoms with E-state index in [1.807, 2.05) is 30.0 Å². The first kappa shape index (κ1) is 13.0. The Bertz CT molecular complexity index is 416. The van der Waals surface area contributed by atoms with E-state index in [2.05, 4.69) is 24.1 Å². The average molecular weight is 247 g/mol. The highest BCUT2D eigenvalue weighted by molar-refractivity contribution is 5.81. The van der Waals surface area contributed by atoms with Gasteiger partial charge in [-0.1, -0.05) is 19.9 Å². The van der Waals surface area contributed by atoms with Crippen LogP contribution in [0.25, 0.3) is 0 Å². The molecule has 2 rings (SSSR count). The van der Waals surface area contributed by atoms with Crippen molar-refractivity contribution >= 4 is 5.91 Å². The van der Waals surface area contributed by atoms with E-state index >= 15 is 0 Å². The zero-order valence-corrected chi connectivity index (χ0v) is 11.3. The summed E-state index contributed by atoms with van der Waals surface area (Å²) in [7, 11) is 0. The van der Waals surface area contributed by atoms with E-state index in [4.69, 9.17) is 0 Å². The number of amides is 1. The third-order valence-electron chi connectivity index (χ3n) is 3.27. The summed E-state index contributed by atoms with van der Waals surface area (Å²) in [5, 5.41) is 3.29. The second-order valence-electron chi connectivity index (χ2n) is 5.78. The van der Waals surface area contributed by atoms with Gasteiger partial charge in [0, 0.05) is 19.3 Å². The second-order valence-corrected chi connectivity index (χ2v) is 5.78. The van der Waals surface area contributed by atoms with Crippen LogP contribution in [0.5, 0.6) is 0 Å². The molecular weight excluding hydrogens is 226 g/mol. The van der Waals surface area contributed by atoms with Gasteiger partial charge >= 0.3 is 0 Å². The zero-order valence-electron chi connectivity index (χ0n) is 11.3. The summed E-state index contributed by atoms with van der Waals surface area (Å²) in [6.07, 6.45) is 1.77. The van der Waals surface area contributed by atoms with Crippen molar-refractivity contribution in [3.63, 3.8) is 0 Å². The Hall–Kier alpha value is -1.42. The van der Waals surface area contributed by atoms with Gasteiger partial charge in [-0.05, 0) is 24.5 Å². The van der Waals surface area contributed by atoms with Crippen molar-refractivity contribution in [1.29, 1.82) is 0 Å². The molecule has 0 aliphatic carbocycles. The highest BCUT2D eigenvalue weighted by atomic mass is 16.2. The molecule has 98 valence electrons. The number of hydrogen-bond acceptors (Lipinski definition) is 3. The molecule has 4 nitrogen and oxygen atoms in total. The molecule has 18 heavy (non-hydrogen) atoms. The van der Waals surface area contributed by atoms with Crippen LogP contribution in [-0.2, 0) is 11.3 Å². The van der Waals surface area contributed by atoms with Gasteiger partial charge in [0.1, 0.15) is 0 Å². The number of rotatable bonds is 2. The number of aromatic nitrogens is 1. The second kappa shape index (κ2) is 5.06. The minimum Gasteiger partial charge on any atom is -0.335 e. The van der Waals surface area contributed by atoms with Gasteiger partial charge in [0.25, 0.3) is 0 Å². The van der Waals surface area contributed by atoms with Crippen LogP contribution >= 0.6 is 0 Å². The van der Waals surface area contributed by atoms with E-state index in [1.54, 1.807) is 6.20 Å². The molecule has 0 radical (unpaired) electrons. The van der Waals surface area contributed by atoms with E-state index in [1.165, 1.54) is 0 Å². The molecular formula is C14H21N3O. The van der Waals surface area contributed by atoms with E-state index in [0.717, 1.165) is 18.8 Å². The van der Waals surface area contributed by atoms with Gasteiger partial charge in [-0.3, -0.25) is 9.78 Å². The summed E-state index contributed by atoms with van der Waals surface area (Å²) in [5.74, 6) is 0.159. The highest BCUT2D eigenvalue weighted by Crippen LogP contribution is 2.21. The fourth-order valence-corrected chi connectivity index (χ4v) is 2.26. The third kappa shape index (κ3) is 3.07. The normalized spacial score (nSPS) is 23.8. The number of hydrogen-bond donors (Lipinski definition) is 1. The lowest BCUT2D eigenvalue weighted by molar-refractivity contribution is -0.133. The quantitative estimate of drug-likeness (QED) is 0.860. The van der Waals surface area contributed by atoms with Crippen molar-refractivity contribution in [2.45, 2.75) is 33.4 Å². The van der Waals surface area contributed by atoms with Crippen LogP contribution in [0.3, 0.4) is 0 Å². The van der Waals surface area contributed by atoms with Crippen LogP contribution in [0.15, 0.2) is 24.4 Å². The maximum atomic E-state index is 12.3. The molecule has 1 atom stereocenters. The lowest BCUT2D eigenvalue weighted by atomic mass is 9.93. The summed E-state index contributed by atoms with van der Waals surface area (Å²) in [5.41, 5.74) is 1.03. The maximum absolute atomic E-state index is 12.3. The molecule has 1 N–H and O–H groups in total. The SMILES string of the molecule is CC1NCC(C)(C)CN(Cc2ccccn2)C1=O. The molecule has 4 heteroatoms. The van der Waals surface area contributed by atoms with Crippen LogP contribution in [0.1, 0.15) is 26.5 Å². The zero-order chi connectivity index (χ0) is 13.2. The van der Waals surface area contributed by atoms with Crippen LogP contribution in [0.2, 0.25) is 0 Å². The molecule has 1 saturated heterocycles. The number of nitrogens with one attached hydrogen (secondary N) is 1. The van der Waals surface area contributed by atoms with Gasteiger partial charge in [-0.2, -0.15) is 0 Å². The number of carbonyl (C=O) groups is 1. The first-order valence-corrected chi connectivity index (χ1v) is 6.40. The maximum Gasteiger partial charge on any atom is 0.239 e. The highest BCUT2D eigenvalue weighted by Gasteiger charge is 2.32. The fourth-order valence-electron chi connectivity index (χ4n) is 2.26. The number of nitrogens with zero attached hydrogens (tertiary/aromatic N) is 2. The lowest BCUT2D eigenvalue weighted by Gasteiger charge is -2.29. The van der Waals surface area contributed by atoms with Gasteiger partial charge in [-0.15, -0.1) is 0 Å². The molecule has 1 fully saturated rings. The minimum absolute atomic E-state index is 0.0925. The van der Waals surface area contributed by atoms with Gasteiger partial charge in [0.2, 0.25) is 5.91 Å². The summed E-state index contributed by atoms with van der Waals surface area (Å²) < 4.78 is 0. The number of pyridine rings is 1. The van der Waals surface area contributed by atoms with Crippen molar-refractivity contribution in [1.82, 2.24) is 15.2 Å². The molecule has 0 aromatic carbocycles. The molecule has 0 bridgehead atoms. The Morgan fingerprint density at radius 1 is 1.50 bits per heavy atom. The molecule has 0 spiro atoms. The van der Waals surface area contributed by atoms with Crippen LogP contribution < -0.4 is 5.32 Å². The predicted octanol–water partition coefficient (Wildman–Crippen LogP) is 1.43. The summed E-state index contributed by atoms with van der Waals surface area (Å²) in [4.78, 5) is 18.5. The van der Waals surface area contributed by atoms with Crippen molar-refractivity contribution in [2.75, 3.05) is 13.1 Å².